The smallest absolute Gasteiger partial charge is 0.402 e. The molecular weight excluding hydrogens is 186 g/mol. The Labute approximate surface area is 81.7 Å². The molecule has 1 aromatic carbocycles. The van der Waals surface area contributed by atoms with Crippen molar-refractivity contribution >= 4 is 0 Å². The second-order valence-electron chi connectivity index (χ2n) is 3.91. The fourth-order valence-corrected chi connectivity index (χ4v) is 1.73. The van der Waals surface area contributed by atoms with Gasteiger partial charge < -0.3 is 4.74 Å². The van der Waals surface area contributed by atoms with Crippen LogP contribution in [-0.2, 0) is 6.42 Å². The summed E-state index contributed by atoms with van der Waals surface area (Å²) in [6.45, 7) is 3.94. The first kappa shape index (κ1) is 9.44. The van der Waals surface area contributed by atoms with E-state index in [0.29, 0.717) is 11.3 Å². The van der Waals surface area contributed by atoms with E-state index in [4.69, 9.17) is 0 Å². The van der Waals surface area contributed by atoms with Gasteiger partial charge in [0.05, 0.1) is 6.42 Å². The number of halogens is 2. The van der Waals surface area contributed by atoms with Gasteiger partial charge in [-0.05, 0) is 11.5 Å². The first-order valence-corrected chi connectivity index (χ1v) is 4.68. The van der Waals surface area contributed by atoms with Gasteiger partial charge in [-0.2, -0.15) is 8.78 Å². The van der Waals surface area contributed by atoms with Gasteiger partial charge in [0.2, 0.25) is 0 Å². The minimum absolute atomic E-state index is 0.207. The van der Waals surface area contributed by atoms with E-state index in [9.17, 15) is 8.78 Å². The lowest BCUT2D eigenvalue weighted by atomic mass is 9.99. The summed E-state index contributed by atoms with van der Waals surface area (Å²) in [4.78, 5) is 0. The standard InChI is InChI=1S/C11H12F2O/c1-7(2)9-5-3-4-8-6-11(12,13)14-10(8)9/h3-5,7H,6H2,1-2H3. The Kier molecular flexibility index (Phi) is 1.98. The Morgan fingerprint density at radius 3 is 2.71 bits per heavy atom. The molecule has 1 nitrogen and oxygen atoms in total. The third kappa shape index (κ3) is 1.47. The molecule has 0 bridgehead atoms. The van der Waals surface area contributed by atoms with E-state index in [1.807, 2.05) is 19.9 Å². The maximum atomic E-state index is 13.0. The van der Waals surface area contributed by atoms with Crippen LogP contribution in [0.5, 0.6) is 5.75 Å². The summed E-state index contributed by atoms with van der Waals surface area (Å²) in [7, 11) is 0. The molecule has 0 saturated heterocycles. The Morgan fingerprint density at radius 2 is 2.07 bits per heavy atom. The van der Waals surface area contributed by atoms with Crippen molar-refractivity contribution in [2.24, 2.45) is 0 Å². The number of benzene rings is 1. The van der Waals surface area contributed by atoms with Crippen LogP contribution >= 0.6 is 0 Å². The average molecular weight is 198 g/mol. The molecule has 0 unspecified atom stereocenters. The molecule has 14 heavy (non-hydrogen) atoms. The number of rotatable bonds is 1. The molecule has 0 aromatic heterocycles. The van der Waals surface area contributed by atoms with E-state index in [1.165, 1.54) is 0 Å². The van der Waals surface area contributed by atoms with Crippen molar-refractivity contribution in [1.29, 1.82) is 0 Å². The third-order valence-corrected chi connectivity index (χ3v) is 2.40. The predicted octanol–water partition coefficient (Wildman–Crippen LogP) is 3.34. The Balaban J connectivity index is 2.46. The van der Waals surface area contributed by atoms with E-state index in [1.54, 1.807) is 12.1 Å². The topological polar surface area (TPSA) is 9.23 Å². The van der Waals surface area contributed by atoms with Gasteiger partial charge in [0.1, 0.15) is 5.75 Å². The monoisotopic (exact) mass is 198 g/mol. The lowest BCUT2D eigenvalue weighted by Crippen LogP contribution is -2.20. The third-order valence-electron chi connectivity index (χ3n) is 2.40. The van der Waals surface area contributed by atoms with Crippen molar-refractivity contribution in [2.75, 3.05) is 0 Å². The second-order valence-corrected chi connectivity index (χ2v) is 3.91. The normalized spacial score (nSPS) is 18.1. The van der Waals surface area contributed by atoms with E-state index in [-0.39, 0.29) is 12.3 Å². The van der Waals surface area contributed by atoms with Gasteiger partial charge >= 0.3 is 6.11 Å². The van der Waals surface area contributed by atoms with Crippen molar-refractivity contribution in [2.45, 2.75) is 32.3 Å². The number of para-hydroxylation sites is 1. The summed E-state index contributed by atoms with van der Waals surface area (Å²) in [5, 5.41) is 0. The van der Waals surface area contributed by atoms with Gasteiger partial charge in [0, 0.05) is 5.56 Å². The summed E-state index contributed by atoms with van der Waals surface area (Å²) >= 11 is 0. The fraction of sp³-hybridized carbons (Fsp3) is 0.455. The quantitative estimate of drug-likeness (QED) is 0.672. The van der Waals surface area contributed by atoms with Crippen LogP contribution in [0.3, 0.4) is 0 Å². The Morgan fingerprint density at radius 1 is 1.36 bits per heavy atom. The molecule has 0 amide bonds. The summed E-state index contributed by atoms with van der Waals surface area (Å²) in [5.74, 6) is 0.589. The molecule has 1 aliphatic heterocycles. The fourth-order valence-electron chi connectivity index (χ4n) is 1.73. The molecule has 1 aromatic rings. The number of ether oxygens (including phenoxy) is 1. The molecule has 2 rings (SSSR count). The highest BCUT2D eigenvalue weighted by Crippen LogP contribution is 2.41. The van der Waals surface area contributed by atoms with Gasteiger partial charge in [0.25, 0.3) is 0 Å². The first-order chi connectivity index (χ1) is 6.49. The van der Waals surface area contributed by atoms with Crippen LogP contribution in [0.4, 0.5) is 8.78 Å². The van der Waals surface area contributed by atoms with E-state index in [2.05, 4.69) is 4.74 Å². The van der Waals surface area contributed by atoms with Gasteiger partial charge in [0.15, 0.2) is 0 Å². The highest BCUT2D eigenvalue weighted by Gasteiger charge is 2.40. The average Bonchev–Trinajstić information content (AvgIpc) is 2.36. The zero-order valence-electron chi connectivity index (χ0n) is 8.18. The SMILES string of the molecule is CC(C)c1cccc2c1OC(F)(F)C2. The van der Waals surface area contributed by atoms with E-state index in [0.717, 1.165) is 5.56 Å². The molecule has 76 valence electrons. The van der Waals surface area contributed by atoms with Crippen LogP contribution in [0.25, 0.3) is 0 Å². The lowest BCUT2D eigenvalue weighted by Gasteiger charge is -2.12. The number of hydrogen-bond donors (Lipinski definition) is 0. The molecule has 0 N–H and O–H groups in total. The van der Waals surface area contributed by atoms with Crippen LogP contribution in [0.2, 0.25) is 0 Å². The van der Waals surface area contributed by atoms with Crippen molar-refractivity contribution in [3.8, 4) is 5.75 Å². The van der Waals surface area contributed by atoms with Gasteiger partial charge in [-0.3, -0.25) is 0 Å². The maximum absolute atomic E-state index is 13.0. The Bertz CT molecular complexity index is 358. The van der Waals surface area contributed by atoms with Crippen LogP contribution in [0.15, 0.2) is 18.2 Å². The minimum atomic E-state index is -3.02. The van der Waals surface area contributed by atoms with Crippen molar-refractivity contribution in [3.05, 3.63) is 29.3 Å². The van der Waals surface area contributed by atoms with Crippen LogP contribution in [0, 0.1) is 0 Å². The van der Waals surface area contributed by atoms with E-state index >= 15 is 0 Å². The minimum Gasteiger partial charge on any atom is -0.432 e. The highest BCUT2D eigenvalue weighted by atomic mass is 19.3. The number of hydrogen-bond acceptors (Lipinski definition) is 1. The maximum Gasteiger partial charge on any atom is 0.402 e. The molecule has 0 spiro atoms. The molecule has 0 aliphatic carbocycles. The lowest BCUT2D eigenvalue weighted by molar-refractivity contribution is -0.159. The summed E-state index contributed by atoms with van der Waals surface area (Å²) < 4.78 is 30.6. The van der Waals surface area contributed by atoms with Crippen molar-refractivity contribution in [1.82, 2.24) is 0 Å². The molecule has 0 saturated carbocycles. The van der Waals surface area contributed by atoms with Crippen LogP contribution in [0.1, 0.15) is 30.9 Å². The summed E-state index contributed by atoms with van der Waals surface area (Å²) in [6, 6.07) is 5.34. The zero-order valence-corrected chi connectivity index (χ0v) is 8.18. The summed E-state index contributed by atoms with van der Waals surface area (Å²) in [5.41, 5.74) is 1.47. The Hall–Kier alpha value is -1.12. The largest absolute Gasteiger partial charge is 0.432 e. The van der Waals surface area contributed by atoms with Gasteiger partial charge in [-0.15, -0.1) is 0 Å². The van der Waals surface area contributed by atoms with Crippen LogP contribution in [-0.4, -0.2) is 6.11 Å². The first-order valence-electron chi connectivity index (χ1n) is 4.68. The zero-order chi connectivity index (χ0) is 10.3. The highest BCUT2D eigenvalue weighted by molar-refractivity contribution is 5.46. The molecule has 1 heterocycles. The van der Waals surface area contributed by atoms with E-state index < -0.39 is 6.11 Å². The van der Waals surface area contributed by atoms with Crippen molar-refractivity contribution in [3.63, 3.8) is 0 Å². The molecular formula is C11H12F2O. The van der Waals surface area contributed by atoms with Crippen molar-refractivity contribution < 1.29 is 13.5 Å². The molecule has 0 fully saturated rings. The number of alkyl halides is 2. The second kappa shape index (κ2) is 2.94. The molecule has 0 radical (unpaired) electrons. The van der Waals surface area contributed by atoms with Gasteiger partial charge in [-0.1, -0.05) is 32.0 Å². The van der Waals surface area contributed by atoms with Crippen LogP contribution < -0.4 is 4.74 Å². The molecule has 0 atom stereocenters. The predicted molar refractivity (Wildman–Crippen MR) is 49.8 cm³/mol. The number of fused-ring (bicyclic) bond motifs is 1. The molecule has 3 heteroatoms. The molecule has 1 aliphatic rings. The summed E-state index contributed by atoms with van der Waals surface area (Å²) in [6.07, 6.45) is -3.32. The van der Waals surface area contributed by atoms with Gasteiger partial charge in [-0.25, -0.2) is 0 Å².